The maximum Gasteiger partial charge on any atom is 0.195 e. The molecule has 0 saturated heterocycles. The number of nitrogens with zero attached hydrogens (tertiary/aromatic N) is 3. The maximum absolute atomic E-state index is 4.19. The van der Waals surface area contributed by atoms with Crippen molar-refractivity contribution < 1.29 is 0 Å². The molecule has 0 fully saturated rings. The second kappa shape index (κ2) is 4.80. The summed E-state index contributed by atoms with van der Waals surface area (Å²) in [4.78, 5) is 1.32. The first-order chi connectivity index (χ1) is 8.34. The van der Waals surface area contributed by atoms with Gasteiger partial charge in [-0.2, -0.15) is 0 Å². The molecule has 0 unspecified atom stereocenters. The van der Waals surface area contributed by atoms with Gasteiger partial charge in [0.2, 0.25) is 0 Å². The van der Waals surface area contributed by atoms with E-state index in [4.69, 9.17) is 0 Å². The van der Waals surface area contributed by atoms with Crippen LogP contribution in [0.3, 0.4) is 0 Å². The normalized spacial score (nSPS) is 11.1. The van der Waals surface area contributed by atoms with Crippen LogP contribution >= 0.6 is 39.0 Å². The summed E-state index contributed by atoms with van der Waals surface area (Å²) < 4.78 is 3.18. The Labute approximate surface area is 115 Å². The molecule has 0 aliphatic rings. The van der Waals surface area contributed by atoms with E-state index in [1.54, 1.807) is 23.1 Å². The molecule has 3 heterocycles. The summed E-state index contributed by atoms with van der Waals surface area (Å²) in [6.45, 7) is 0. The van der Waals surface area contributed by atoms with E-state index in [1.807, 2.05) is 28.8 Å². The minimum absolute atomic E-state index is 0.889. The van der Waals surface area contributed by atoms with E-state index in [9.17, 15) is 0 Å². The molecule has 3 rings (SSSR count). The molecule has 86 valence electrons. The fourth-order valence-electron chi connectivity index (χ4n) is 1.48. The van der Waals surface area contributed by atoms with Gasteiger partial charge in [0, 0.05) is 21.3 Å². The van der Waals surface area contributed by atoms with Crippen LogP contribution in [0, 0.1) is 0 Å². The van der Waals surface area contributed by atoms with Crippen LogP contribution in [-0.2, 0) is 5.75 Å². The Morgan fingerprint density at radius 1 is 1.29 bits per heavy atom. The van der Waals surface area contributed by atoms with Gasteiger partial charge in [0.1, 0.15) is 0 Å². The number of thioether (sulfide) groups is 1. The van der Waals surface area contributed by atoms with Crippen LogP contribution in [0.2, 0.25) is 0 Å². The lowest BCUT2D eigenvalue weighted by Gasteiger charge is -1.98. The van der Waals surface area contributed by atoms with E-state index in [-0.39, 0.29) is 0 Å². The number of rotatable bonds is 3. The van der Waals surface area contributed by atoms with E-state index in [0.29, 0.717) is 0 Å². The summed E-state index contributed by atoms with van der Waals surface area (Å²) in [5, 5.41) is 11.3. The summed E-state index contributed by atoms with van der Waals surface area (Å²) in [5.74, 6) is 0.911. The van der Waals surface area contributed by atoms with E-state index in [1.165, 1.54) is 9.35 Å². The zero-order valence-electron chi connectivity index (χ0n) is 8.71. The van der Waals surface area contributed by atoms with Crippen molar-refractivity contribution in [3.05, 3.63) is 45.2 Å². The Balaban J connectivity index is 1.84. The predicted octanol–water partition coefficient (Wildman–Crippen LogP) is 3.85. The van der Waals surface area contributed by atoms with Crippen molar-refractivity contribution in [1.29, 1.82) is 0 Å². The van der Waals surface area contributed by atoms with Crippen LogP contribution in [0.1, 0.15) is 4.88 Å². The Hall–Kier alpha value is -0.850. The molecule has 3 aromatic rings. The van der Waals surface area contributed by atoms with Crippen molar-refractivity contribution in [2.75, 3.05) is 0 Å². The number of hydrogen-bond donors (Lipinski definition) is 0. The van der Waals surface area contributed by atoms with Crippen molar-refractivity contribution in [3.8, 4) is 0 Å². The number of fused-ring (bicyclic) bond motifs is 1. The SMILES string of the molecule is Brc1ccsc1CSc1nnc2ccccn12. The second-order valence-electron chi connectivity index (χ2n) is 3.39. The van der Waals surface area contributed by atoms with E-state index < -0.39 is 0 Å². The third kappa shape index (κ3) is 2.25. The second-order valence-corrected chi connectivity index (χ2v) is 6.19. The number of pyridine rings is 1. The standard InChI is InChI=1S/C11H8BrN3S2/c12-8-4-6-16-9(8)7-17-11-14-13-10-3-1-2-5-15(10)11/h1-6H,7H2. The monoisotopic (exact) mass is 325 g/mol. The van der Waals surface area contributed by atoms with Crippen molar-refractivity contribution in [2.24, 2.45) is 0 Å². The Bertz CT molecular complexity index is 647. The molecule has 0 spiro atoms. The molecule has 0 aliphatic carbocycles. The van der Waals surface area contributed by atoms with Crippen LogP contribution in [0.15, 0.2) is 45.5 Å². The highest BCUT2D eigenvalue weighted by Crippen LogP contribution is 2.29. The van der Waals surface area contributed by atoms with Gasteiger partial charge in [-0.15, -0.1) is 21.5 Å². The number of halogens is 1. The summed E-state index contributed by atoms with van der Waals surface area (Å²) in [5.41, 5.74) is 0.889. The molecule has 3 nitrogen and oxygen atoms in total. The molecule has 0 aromatic carbocycles. The zero-order chi connectivity index (χ0) is 11.7. The average Bonchev–Trinajstić information content (AvgIpc) is 2.93. The number of aromatic nitrogens is 3. The first-order valence-corrected chi connectivity index (χ1v) is 7.65. The Kier molecular flexibility index (Phi) is 3.17. The molecular weight excluding hydrogens is 318 g/mol. The first kappa shape index (κ1) is 11.3. The summed E-state index contributed by atoms with van der Waals surface area (Å²) in [6, 6.07) is 7.98. The van der Waals surface area contributed by atoms with Crippen LogP contribution < -0.4 is 0 Å². The zero-order valence-corrected chi connectivity index (χ0v) is 11.9. The van der Waals surface area contributed by atoms with Crippen LogP contribution in [0.5, 0.6) is 0 Å². The van der Waals surface area contributed by atoms with E-state index in [2.05, 4.69) is 37.6 Å². The van der Waals surface area contributed by atoms with Gasteiger partial charge in [0.15, 0.2) is 10.8 Å². The average molecular weight is 326 g/mol. The Morgan fingerprint density at radius 3 is 3.06 bits per heavy atom. The lowest BCUT2D eigenvalue weighted by atomic mass is 10.5. The minimum atomic E-state index is 0.889. The topological polar surface area (TPSA) is 30.2 Å². The van der Waals surface area contributed by atoms with Gasteiger partial charge in [-0.3, -0.25) is 4.40 Å². The molecule has 0 atom stereocenters. The molecule has 0 N–H and O–H groups in total. The molecular formula is C11H8BrN3S2. The lowest BCUT2D eigenvalue weighted by molar-refractivity contribution is 0.921. The minimum Gasteiger partial charge on any atom is -0.277 e. The van der Waals surface area contributed by atoms with Crippen molar-refractivity contribution in [3.63, 3.8) is 0 Å². The maximum atomic E-state index is 4.19. The smallest absolute Gasteiger partial charge is 0.195 e. The van der Waals surface area contributed by atoms with Gasteiger partial charge >= 0.3 is 0 Å². The molecule has 0 aliphatic heterocycles. The van der Waals surface area contributed by atoms with Crippen molar-refractivity contribution >= 4 is 44.7 Å². The van der Waals surface area contributed by atoms with Gasteiger partial charge in [-0.25, -0.2) is 0 Å². The van der Waals surface area contributed by atoms with Gasteiger partial charge in [-0.1, -0.05) is 17.8 Å². The van der Waals surface area contributed by atoms with Gasteiger partial charge < -0.3 is 0 Å². The summed E-state index contributed by atoms with van der Waals surface area (Å²) >= 11 is 6.98. The van der Waals surface area contributed by atoms with Crippen LogP contribution in [0.25, 0.3) is 5.65 Å². The van der Waals surface area contributed by atoms with Crippen LogP contribution in [-0.4, -0.2) is 14.6 Å². The van der Waals surface area contributed by atoms with Crippen LogP contribution in [0.4, 0.5) is 0 Å². The van der Waals surface area contributed by atoms with Gasteiger partial charge in [-0.05, 0) is 39.5 Å². The molecule has 0 bridgehead atoms. The van der Waals surface area contributed by atoms with E-state index >= 15 is 0 Å². The Morgan fingerprint density at radius 2 is 2.24 bits per heavy atom. The van der Waals surface area contributed by atoms with Gasteiger partial charge in [0.05, 0.1) is 0 Å². The number of thiophene rings is 1. The summed E-state index contributed by atoms with van der Waals surface area (Å²) in [7, 11) is 0. The number of hydrogen-bond acceptors (Lipinski definition) is 4. The third-order valence-electron chi connectivity index (χ3n) is 2.31. The third-order valence-corrected chi connectivity index (χ3v) is 5.38. The van der Waals surface area contributed by atoms with Crippen molar-refractivity contribution in [1.82, 2.24) is 14.6 Å². The molecule has 3 aromatic heterocycles. The quantitative estimate of drug-likeness (QED) is 0.685. The summed E-state index contributed by atoms with van der Waals surface area (Å²) in [6.07, 6.45) is 1.99. The van der Waals surface area contributed by atoms with E-state index in [0.717, 1.165) is 16.6 Å². The largest absolute Gasteiger partial charge is 0.277 e. The molecule has 17 heavy (non-hydrogen) atoms. The molecule has 0 radical (unpaired) electrons. The first-order valence-electron chi connectivity index (χ1n) is 4.99. The van der Waals surface area contributed by atoms with Gasteiger partial charge in [0.25, 0.3) is 0 Å². The van der Waals surface area contributed by atoms with Crippen molar-refractivity contribution in [2.45, 2.75) is 10.9 Å². The predicted molar refractivity (Wildman–Crippen MR) is 74.6 cm³/mol. The highest BCUT2D eigenvalue weighted by molar-refractivity contribution is 9.10. The highest BCUT2D eigenvalue weighted by atomic mass is 79.9. The molecule has 0 amide bonds. The fraction of sp³-hybridized carbons (Fsp3) is 0.0909. The lowest BCUT2D eigenvalue weighted by Crippen LogP contribution is -1.86. The highest BCUT2D eigenvalue weighted by Gasteiger charge is 2.07. The fourth-order valence-corrected chi connectivity index (χ4v) is 4.20. The molecule has 6 heteroatoms. The molecule has 0 saturated carbocycles.